The molecule has 0 atom stereocenters. The Kier molecular flexibility index (Phi) is 17.1. The van der Waals surface area contributed by atoms with Gasteiger partial charge in [-0.15, -0.1) is 0 Å². The Morgan fingerprint density at radius 2 is 0.744 bits per heavy atom. The molecular formula is C119H92N4O2. The number of para-hydroxylation sites is 11. The third kappa shape index (κ3) is 11.9. The molecule has 0 saturated heterocycles. The van der Waals surface area contributed by atoms with Gasteiger partial charge in [0.05, 0.1) is 51.2 Å². The van der Waals surface area contributed by atoms with Gasteiger partial charge in [-0.25, -0.2) is 0 Å². The summed E-state index contributed by atoms with van der Waals surface area (Å²) < 4.78 is 13.6. The number of hydrogen-bond acceptors (Lipinski definition) is 6. The molecule has 17 aromatic rings. The molecule has 6 nitrogen and oxygen atoms in total. The number of hydrogen-bond donors (Lipinski definition) is 0. The molecule has 17 aromatic carbocycles. The smallest absolute Gasteiger partial charge is 0.154 e. The number of nitrogens with zero attached hydrogens (tertiary/aromatic N) is 4. The number of ether oxygens (including phenoxy) is 2. The van der Waals surface area contributed by atoms with E-state index in [0.29, 0.717) is 6.42 Å². The first-order chi connectivity index (χ1) is 60.9. The molecule has 0 bridgehead atoms. The predicted molar refractivity (Wildman–Crippen MR) is 525 cm³/mol. The zero-order chi connectivity index (χ0) is 84.4. The molecule has 4 aliphatic heterocycles. The van der Waals surface area contributed by atoms with Gasteiger partial charge >= 0.3 is 0 Å². The van der Waals surface area contributed by atoms with Crippen LogP contribution in [0.25, 0.3) is 84.4 Å². The maximum absolute atomic E-state index is 7.25. The first kappa shape index (κ1) is 75.0. The molecular weight excluding hydrogens is 1520 g/mol. The highest BCUT2D eigenvalue weighted by molar-refractivity contribution is 6.11. The second kappa shape index (κ2) is 28.6. The van der Waals surface area contributed by atoms with Crippen molar-refractivity contribution in [1.82, 2.24) is 0 Å². The molecule has 23 rings (SSSR count). The fourth-order valence-corrected chi connectivity index (χ4v) is 21.4. The molecule has 0 N–H and O–H groups in total. The summed E-state index contributed by atoms with van der Waals surface area (Å²) in [6.45, 7) is 23.5. The Hall–Kier alpha value is -15.0. The van der Waals surface area contributed by atoms with Gasteiger partial charge in [-0.3, -0.25) is 0 Å². The molecule has 2 aliphatic carbocycles. The van der Waals surface area contributed by atoms with Crippen LogP contribution >= 0.6 is 0 Å². The second-order valence-electron chi connectivity index (χ2n) is 36.3. The average molecular weight is 1610 g/mol. The summed E-state index contributed by atoms with van der Waals surface area (Å²) in [5.41, 5.74) is 35.8. The number of allylic oxidation sites excluding steroid dienone is 4. The largest absolute Gasteiger partial charge is 0.453 e. The van der Waals surface area contributed by atoms with Crippen LogP contribution in [0.4, 0.5) is 62.6 Å². The van der Waals surface area contributed by atoms with E-state index in [9.17, 15) is 0 Å². The van der Waals surface area contributed by atoms with E-state index in [4.69, 9.17) is 9.47 Å². The van der Waals surface area contributed by atoms with Crippen LogP contribution in [0.1, 0.15) is 128 Å². The highest BCUT2D eigenvalue weighted by Gasteiger charge is 2.44. The molecule has 4 heterocycles. The number of rotatable bonds is 13. The van der Waals surface area contributed by atoms with E-state index in [1.807, 2.05) is 36.4 Å². The Balaban J connectivity index is 0.495. The van der Waals surface area contributed by atoms with Gasteiger partial charge in [-0.05, 0) is 250 Å². The van der Waals surface area contributed by atoms with Crippen molar-refractivity contribution in [2.45, 2.75) is 83.5 Å². The maximum atomic E-state index is 7.25. The summed E-state index contributed by atoms with van der Waals surface area (Å²) in [6.07, 6.45) is 14.1. The Labute approximate surface area is 731 Å². The van der Waals surface area contributed by atoms with Crippen LogP contribution < -0.4 is 29.1 Å². The van der Waals surface area contributed by atoms with Gasteiger partial charge in [-0.1, -0.05) is 340 Å². The normalized spacial score (nSPS) is 15.5. The van der Waals surface area contributed by atoms with Crippen molar-refractivity contribution >= 4 is 125 Å². The van der Waals surface area contributed by atoms with Gasteiger partial charge < -0.3 is 29.1 Å². The Morgan fingerprint density at radius 1 is 0.304 bits per heavy atom. The number of anilines is 11. The molecule has 6 heteroatoms. The number of benzene rings is 17. The quantitative estimate of drug-likeness (QED) is 0.0650. The minimum absolute atomic E-state index is 0.129. The van der Waals surface area contributed by atoms with Gasteiger partial charge in [0.1, 0.15) is 0 Å². The van der Waals surface area contributed by atoms with E-state index in [1.54, 1.807) is 0 Å². The van der Waals surface area contributed by atoms with Crippen LogP contribution in [0.5, 0.6) is 23.0 Å². The Morgan fingerprint density at radius 3 is 1.38 bits per heavy atom. The van der Waals surface area contributed by atoms with Crippen molar-refractivity contribution in [1.29, 1.82) is 0 Å². The first-order valence-electron chi connectivity index (χ1n) is 43.7. The van der Waals surface area contributed by atoms with Crippen LogP contribution in [-0.4, -0.2) is 0 Å². The summed E-state index contributed by atoms with van der Waals surface area (Å²) in [5.74, 6) is 3.34. The second-order valence-corrected chi connectivity index (χ2v) is 36.3. The van der Waals surface area contributed by atoms with Crippen LogP contribution in [0.3, 0.4) is 0 Å². The van der Waals surface area contributed by atoms with Crippen molar-refractivity contribution in [2.75, 3.05) is 19.6 Å². The van der Waals surface area contributed by atoms with Gasteiger partial charge in [0.2, 0.25) is 0 Å². The molecule has 0 saturated carbocycles. The third-order valence-electron chi connectivity index (χ3n) is 28.1. The van der Waals surface area contributed by atoms with Crippen LogP contribution in [0.2, 0.25) is 0 Å². The lowest BCUT2D eigenvalue weighted by Gasteiger charge is -2.44. The molecule has 125 heavy (non-hydrogen) atoms. The summed E-state index contributed by atoms with van der Waals surface area (Å²) >= 11 is 0. The lowest BCUT2D eigenvalue weighted by atomic mass is 9.68. The standard InChI is InChI=1S/C119H92N4O2/c1-75(120-108-38-20-23-42-112(108)124-113-43-24-21-39-109(113)120)45-61-87-76(2)116(3,4)100-70-80(53-63-92(87)100)49-48-78-52-62-89-82(69-78)57-58-83-72-85(59-65-90(83)89)121-106-36-18-14-32-98(106)119(9,99-33-15-19-37-107(99)121)74-84-27-26-41-111-115(84)125-114-44-25-22-40-110(114)122(111)86-60-66-94-93-64-54-79(71-101(93)118(7,8)102(94)73-86)47-46-77-50-55-81(56-51-77)88-67-68-103(95-29-11-10-28-91(88)95)123-104-34-16-12-30-96(104)117(5,6)97-31-13-17-35-105(97)123/h10-73H,1,74H2,2-9H3. The Bertz CT molecular complexity index is 7430. The van der Waals surface area contributed by atoms with Crippen LogP contribution in [0.15, 0.2) is 382 Å². The molecule has 0 radical (unpaired) electrons. The molecule has 0 spiro atoms. The van der Waals surface area contributed by atoms with Gasteiger partial charge in [0, 0.05) is 44.1 Å². The van der Waals surface area contributed by atoms with E-state index < -0.39 is 5.41 Å². The summed E-state index contributed by atoms with van der Waals surface area (Å²) in [6, 6.07) is 130. The van der Waals surface area contributed by atoms with Crippen molar-refractivity contribution in [2.24, 2.45) is 0 Å². The molecule has 0 aromatic heterocycles. The van der Waals surface area contributed by atoms with Gasteiger partial charge in [-0.2, -0.15) is 0 Å². The molecule has 6 aliphatic rings. The van der Waals surface area contributed by atoms with Gasteiger partial charge in [0.25, 0.3) is 0 Å². The number of fused-ring (bicyclic) bond motifs is 16. The van der Waals surface area contributed by atoms with Crippen molar-refractivity contribution in [3.63, 3.8) is 0 Å². The van der Waals surface area contributed by atoms with E-state index in [1.165, 1.54) is 150 Å². The highest BCUT2D eigenvalue weighted by Crippen LogP contribution is 2.61. The molecule has 600 valence electrons. The van der Waals surface area contributed by atoms with E-state index in [2.05, 4.69) is 433 Å². The van der Waals surface area contributed by atoms with Gasteiger partial charge in [0.15, 0.2) is 23.0 Å². The van der Waals surface area contributed by atoms with E-state index in [-0.39, 0.29) is 16.2 Å². The van der Waals surface area contributed by atoms with E-state index >= 15 is 0 Å². The topological polar surface area (TPSA) is 31.4 Å². The van der Waals surface area contributed by atoms with Crippen molar-refractivity contribution < 1.29 is 9.47 Å². The third-order valence-corrected chi connectivity index (χ3v) is 28.1. The van der Waals surface area contributed by atoms with Crippen LogP contribution in [0, 0.1) is 0 Å². The SMILES string of the molecule is C=C(C=CC1=C(C)C(C)(C)c2cc(C=Cc3ccc4c(ccc5cc(N6c7ccccc7C(C)(Cc7cccc8c7Oc7ccccc7N8c7ccc8c(c7)C(C)(C)c7cc(C=Cc9ccc(-c%10ccc(N%11c%12ccccc%12C(C)(C)c%12ccccc%12%11)c%11ccccc%10%11)cc9)ccc7-8)c7ccccc76)ccc54)c3)ccc21)N1c2ccccc2Oc2ccccc21. The lowest BCUT2D eigenvalue weighted by Crippen LogP contribution is -2.35. The lowest BCUT2D eigenvalue weighted by molar-refractivity contribution is 0.460. The molecule has 0 unspecified atom stereocenters. The monoisotopic (exact) mass is 1610 g/mol. The van der Waals surface area contributed by atoms with Crippen LogP contribution in [-0.2, 0) is 28.1 Å². The molecule has 0 amide bonds. The summed E-state index contributed by atoms with van der Waals surface area (Å²) in [7, 11) is 0. The zero-order valence-corrected chi connectivity index (χ0v) is 71.5. The molecule has 0 fully saturated rings. The predicted octanol–water partition coefficient (Wildman–Crippen LogP) is 32.6. The zero-order valence-electron chi connectivity index (χ0n) is 71.5. The fourth-order valence-electron chi connectivity index (χ4n) is 21.4. The minimum Gasteiger partial charge on any atom is -0.453 e. The first-order valence-corrected chi connectivity index (χ1v) is 43.7. The summed E-state index contributed by atoms with van der Waals surface area (Å²) in [4.78, 5) is 9.59. The minimum atomic E-state index is -0.457. The average Bonchev–Trinajstić information content (AvgIpc) is 1.54. The summed E-state index contributed by atoms with van der Waals surface area (Å²) in [5, 5.41) is 7.30. The van der Waals surface area contributed by atoms with E-state index in [0.717, 1.165) is 79.5 Å². The fraction of sp³-hybridized carbons (Fsp3) is 0.109. The van der Waals surface area contributed by atoms with Crippen molar-refractivity contribution in [3.8, 4) is 45.3 Å². The maximum Gasteiger partial charge on any atom is 0.154 e. The highest BCUT2D eigenvalue weighted by atomic mass is 16.5. The van der Waals surface area contributed by atoms with Crippen molar-refractivity contribution in [3.05, 3.63) is 454 Å².